The molecule has 0 fully saturated rings. The second kappa shape index (κ2) is 16.2. The summed E-state index contributed by atoms with van der Waals surface area (Å²) in [5, 5.41) is 0. The molecule has 0 unspecified atom stereocenters. The highest BCUT2D eigenvalue weighted by Crippen LogP contribution is 2.29. The molecule has 0 atom stereocenters. The Bertz CT molecular complexity index is 1440. The second-order valence-electron chi connectivity index (χ2n) is 12.8. The Morgan fingerprint density at radius 1 is 0.548 bits per heavy atom. The first-order valence-corrected chi connectivity index (χ1v) is 15.9. The third-order valence-corrected chi connectivity index (χ3v) is 7.27. The molecule has 4 aromatic rings. The minimum absolute atomic E-state index is 0.146. The Hall–Kier alpha value is -2.75. The van der Waals surface area contributed by atoms with Crippen molar-refractivity contribution in [3.8, 4) is 22.6 Å². The molecule has 0 spiro atoms. The summed E-state index contributed by atoms with van der Waals surface area (Å²) in [6, 6.07) is 19.8. The van der Waals surface area contributed by atoms with Gasteiger partial charge in [-0.05, 0) is 60.4 Å². The molecule has 3 aromatic heterocycles. The summed E-state index contributed by atoms with van der Waals surface area (Å²) in [5.74, 6) is 0. The molecule has 0 saturated heterocycles. The molecule has 0 radical (unpaired) electrons. The Labute approximate surface area is 266 Å². The van der Waals surface area contributed by atoms with Gasteiger partial charge in [0.1, 0.15) is 21.1 Å². The zero-order valence-corrected chi connectivity index (χ0v) is 30.0. The molecular formula is C37H54Cl2N3+3. The molecule has 0 aliphatic rings. The summed E-state index contributed by atoms with van der Waals surface area (Å²) in [6.45, 7) is 20.1. The molecule has 0 amide bonds. The van der Waals surface area contributed by atoms with E-state index in [1.165, 1.54) is 63.2 Å². The van der Waals surface area contributed by atoms with Gasteiger partial charge >= 0.3 is 0 Å². The highest BCUT2D eigenvalue weighted by Gasteiger charge is 2.27. The monoisotopic (exact) mass is 610 g/mol. The van der Waals surface area contributed by atoms with Crippen molar-refractivity contribution in [3.05, 3.63) is 101 Å². The van der Waals surface area contributed by atoms with Crippen LogP contribution in [0.4, 0.5) is 0 Å². The molecule has 0 bridgehead atoms. The topological polar surface area (TPSA) is 11.6 Å². The average molecular weight is 612 g/mol. The van der Waals surface area contributed by atoms with Crippen LogP contribution in [0.25, 0.3) is 22.6 Å². The van der Waals surface area contributed by atoms with Gasteiger partial charge < -0.3 is 0 Å². The van der Waals surface area contributed by atoms with E-state index in [2.05, 4.69) is 187 Å². The Morgan fingerprint density at radius 3 is 1.64 bits per heavy atom. The van der Waals surface area contributed by atoms with E-state index in [4.69, 9.17) is 0 Å². The van der Waals surface area contributed by atoms with Gasteiger partial charge in [0.2, 0.25) is 5.69 Å². The number of alkyl halides is 2. The molecule has 3 nitrogen and oxygen atoms in total. The van der Waals surface area contributed by atoms with Crippen LogP contribution in [0.3, 0.4) is 0 Å². The number of halogens is 2. The van der Waals surface area contributed by atoms with Crippen molar-refractivity contribution in [2.24, 2.45) is 21.1 Å². The number of benzene rings is 1. The van der Waals surface area contributed by atoms with E-state index in [9.17, 15) is 0 Å². The van der Waals surface area contributed by atoms with Crippen LogP contribution in [0.1, 0.15) is 69.4 Å². The number of pyridine rings is 3. The first-order chi connectivity index (χ1) is 19.6. The first-order valence-electron chi connectivity index (χ1n) is 14.4. The molecule has 3 heterocycles. The van der Waals surface area contributed by atoms with Gasteiger partial charge in [-0.1, -0.05) is 59.2 Å². The summed E-state index contributed by atoms with van der Waals surface area (Å²) in [4.78, 5) is 0. The normalized spacial score (nSPS) is 10.9. The van der Waals surface area contributed by atoms with E-state index < -0.39 is 0 Å². The number of aryl methyl sites for hydroxylation is 6. The molecule has 1 aromatic carbocycles. The van der Waals surface area contributed by atoms with E-state index >= 15 is 0 Å². The largest absolute Gasteiger partial charge is 0.277 e. The molecule has 0 N–H and O–H groups in total. The Kier molecular flexibility index (Phi) is 14.4. The molecule has 0 aliphatic heterocycles. The van der Waals surface area contributed by atoms with Crippen molar-refractivity contribution in [2.75, 3.05) is 12.8 Å². The van der Waals surface area contributed by atoms with E-state index in [0.29, 0.717) is 0 Å². The van der Waals surface area contributed by atoms with Gasteiger partial charge in [-0.15, -0.1) is 23.2 Å². The number of hydrogen-bond donors (Lipinski definition) is 0. The Morgan fingerprint density at radius 2 is 1.12 bits per heavy atom. The van der Waals surface area contributed by atoms with E-state index in [-0.39, 0.29) is 10.8 Å². The molecule has 0 aliphatic carbocycles. The minimum atomic E-state index is 0.146. The quantitative estimate of drug-likeness (QED) is 0.159. The lowest BCUT2D eigenvalue weighted by Gasteiger charge is -2.21. The highest BCUT2D eigenvalue weighted by atomic mass is 35.5. The number of aromatic nitrogens is 3. The SMILES string of the molecule is CCl.CCl.Cc1c[n+](C)c(-c2cc(C(C)(C)C)cc[n+]2C)cc1C(C)(C)C.Cc1ccc(-c2cccc[n+]2C)c(C)c1. The smallest absolute Gasteiger partial charge is 0.201 e. The predicted molar refractivity (Wildman–Crippen MR) is 182 cm³/mol. The average Bonchev–Trinajstić information content (AvgIpc) is 2.91. The van der Waals surface area contributed by atoms with Gasteiger partial charge in [0.05, 0.1) is 0 Å². The van der Waals surface area contributed by atoms with Crippen molar-refractivity contribution in [1.29, 1.82) is 0 Å². The van der Waals surface area contributed by atoms with Gasteiger partial charge in [0, 0.05) is 54.2 Å². The van der Waals surface area contributed by atoms with Crippen LogP contribution in [0.15, 0.2) is 73.2 Å². The van der Waals surface area contributed by atoms with E-state index in [1.807, 2.05) is 6.07 Å². The van der Waals surface area contributed by atoms with Crippen molar-refractivity contribution in [3.63, 3.8) is 0 Å². The summed E-state index contributed by atoms with van der Waals surface area (Å²) in [6.07, 6.45) is 9.45. The van der Waals surface area contributed by atoms with Gasteiger partial charge in [-0.25, -0.2) is 4.57 Å². The molecule has 0 saturated carbocycles. The van der Waals surface area contributed by atoms with Gasteiger partial charge in [0.25, 0.3) is 11.4 Å². The Balaban J connectivity index is 0.000000400. The first kappa shape index (κ1) is 37.3. The van der Waals surface area contributed by atoms with E-state index in [0.717, 1.165) is 0 Å². The van der Waals surface area contributed by atoms with Crippen LogP contribution in [-0.2, 0) is 32.0 Å². The number of rotatable bonds is 2. The zero-order chi connectivity index (χ0) is 32.4. The van der Waals surface area contributed by atoms with Crippen LogP contribution >= 0.6 is 23.2 Å². The summed E-state index contributed by atoms with van der Waals surface area (Å²) in [5.41, 5.74) is 12.1. The van der Waals surface area contributed by atoms with Crippen molar-refractivity contribution in [2.45, 2.75) is 73.1 Å². The molecular weight excluding hydrogens is 557 g/mol. The predicted octanol–water partition coefficient (Wildman–Crippen LogP) is 8.41. The third-order valence-electron chi connectivity index (χ3n) is 7.27. The minimum Gasteiger partial charge on any atom is -0.201 e. The number of nitrogens with zero attached hydrogens (tertiary/aromatic N) is 3. The third kappa shape index (κ3) is 9.92. The van der Waals surface area contributed by atoms with Crippen molar-refractivity contribution < 1.29 is 13.7 Å². The second-order valence-corrected chi connectivity index (χ2v) is 12.8. The number of hydrogen-bond acceptors (Lipinski definition) is 0. The van der Waals surface area contributed by atoms with Gasteiger partial charge in [0.15, 0.2) is 18.6 Å². The fourth-order valence-corrected chi connectivity index (χ4v) is 5.04. The lowest BCUT2D eigenvalue weighted by atomic mass is 9.83. The van der Waals surface area contributed by atoms with Crippen LogP contribution in [0, 0.1) is 20.8 Å². The molecule has 4 rings (SSSR count). The highest BCUT2D eigenvalue weighted by molar-refractivity contribution is 6.15. The lowest BCUT2D eigenvalue weighted by molar-refractivity contribution is -0.690. The van der Waals surface area contributed by atoms with Gasteiger partial charge in [-0.2, -0.15) is 9.13 Å². The van der Waals surface area contributed by atoms with Crippen LogP contribution < -0.4 is 13.7 Å². The summed E-state index contributed by atoms with van der Waals surface area (Å²) >= 11 is 9.28. The van der Waals surface area contributed by atoms with Crippen LogP contribution in [0.2, 0.25) is 0 Å². The molecule has 42 heavy (non-hydrogen) atoms. The van der Waals surface area contributed by atoms with Crippen LogP contribution in [-0.4, -0.2) is 12.8 Å². The van der Waals surface area contributed by atoms with Gasteiger partial charge in [-0.3, -0.25) is 0 Å². The maximum Gasteiger partial charge on any atom is 0.277 e. The summed E-state index contributed by atoms with van der Waals surface area (Å²) in [7, 11) is 6.34. The summed E-state index contributed by atoms with van der Waals surface area (Å²) < 4.78 is 6.61. The standard InChI is InChI=1S/C21H32N2.C14H16N.2CH3Cl/c1-15-14-23(9)19(13-17(15)21(5,6)7)18-12-16(20(2,3)4)10-11-22(18)8;1-11-7-8-13(12(2)10-11)14-6-4-5-9-15(14)3;2*1-2/h10-14H,1-9H3;4-10H,1-3H3;2*1H3/q+2;+1;;. The molecule has 228 valence electrons. The lowest BCUT2D eigenvalue weighted by Crippen LogP contribution is -2.40. The van der Waals surface area contributed by atoms with Crippen LogP contribution in [0.5, 0.6) is 0 Å². The molecule has 5 heteroatoms. The fraction of sp³-hybridized carbons (Fsp3) is 0.432. The van der Waals surface area contributed by atoms with E-state index in [1.54, 1.807) is 0 Å². The zero-order valence-electron chi connectivity index (χ0n) is 28.5. The maximum atomic E-state index is 4.64. The van der Waals surface area contributed by atoms with Crippen molar-refractivity contribution >= 4 is 23.2 Å². The van der Waals surface area contributed by atoms with Crippen molar-refractivity contribution in [1.82, 2.24) is 0 Å². The maximum absolute atomic E-state index is 4.64. The fourth-order valence-electron chi connectivity index (χ4n) is 5.04.